The minimum absolute atomic E-state index is 0.133. The van der Waals surface area contributed by atoms with Crippen LogP contribution in [0.1, 0.15) is 25.7 Å². The summed E-state index contributed by atoms with van der Waals surface area (Å²) in [5, 5.41) is 9.10. The minimum Gasteiger partial charge on any atom is -0.343 e. The highest BCUT2D eigenvalue weighted by atomic mass is 16.1. The zero-order valence-corrected chi connectivity index (χ0v) is 7.61. The van der Waals surface area contributed by atoms with Gasteiger partial charge in [-0.3, -0.25) is 9.89 Å². The lowest BCUT2D eigenvalue weighted by atomic mass is 10.3. The fourth-order valence-electron chi connectivity index (χ4n) is 0.905. The van der Waals surface area contributed by atoms with Gasteiger partial charge in [0.15, 0.2) is 0 Å². The highest BCUT2D eigenvalue weighted by molar-refractivity contribution is 5.87. The Morgan fingerprint density at radius 2 is 2.54 bits per heavy atom. The summed E-state index contributed by atoms with van der Waals surface area (Å²) < 4.78 is 0. The van der Waals surface area contributed by atoms with Crippen LogP contribution in [0.25, 0.3) is 0 Å². The molecule has 2 N–H and O–H groups in total. The monoisotopic (exact) mass is 180 g/mol. The standard InChI is InChI=1S/C8H12N4O/c1-3-4-7(13)11-6(2)8-9-5-10-12-8/h3-6H,1-2H3,(H,11,13)(H,9,10,12)/b4-3+. The fraction of sp³-hybridized carbons (Fsp3) is 0.375. The first-order valence-electron chi connectivity index (χ1n) is 4.02. The van der Waals surface area contributed by atoms with Crippen LogP contribution in [0.4, 0.5) is 0 Å². The minimum atomic E-state index is -0.147. The molecule has 0 radical (unpaired) electrons. The normalized spacial score (nSPS) is 13.1. The number of rotatable bonds is 3. The number of H-pyrrole nitrogens is 1. The van der Waals surface area contributed by atoms with E-state index in [1.165, 1.54) is 12.4 Å². The number of hydrogen-bond donors (Lipinski definition) is 2. The maximum Gasteiger partial charge on any atom is 0.244 e. The van der Waals surface area contributed by atoms with Crippen molar-refractivity contribution < 1.29 is 4.79 Å². The van der Waals surface area contributed by atoms with Gasteiger partial charge in [-0.15, -0.1) is 0 Å². The molecule has 0 aliphatic heterocycles. The Morgan fingerprint density at radius 3 is 3.08 bits per heavy atom. The van der Waals surface area contributed by atoms with Crippen LogP contribution in [0.2, 0.25) is 0 Å². The Hall–Kier alpha value is -1.65. The van der Waals surface area contributed by atoms with Gasteiger partial charge in [0.25, 0.3) is 0 Å². The fourth-order valence-corrected chi connectivity index (χ4v) is 0.905. The number of nitrogens with one attached hydrogen (secondary N) is 2. The molecule has 1 heterocycles. The second-order valence-electron chi connectivity index (χ2n) is 2.60. The van der Waals surface area contributed by atoms with Crippen LogP contribution in [0, 0.1) is 0 Å². The summed E-state index contributed by atoms with van der Waals surface area (Å²) in [5.41, 5.74) is 0. The molecule has 13 heavy (non-hydrogen) atoms. The Labute approximate surface area is 76.3 Å². The third-order valence-corrected chi connectivity index (χ3v) is 1.52. The van der Waals surface area contributed by atoms with Crippen LogP contribution in [0.15, 0.2) is 18.5 Å². The van der Waals surface area contributed by atoms with Gasteiger partial charge in [0.2, 0.25) is 5.91 Å². The molecule has 0 bridgehead atoms. The lowest BCUT2D eigenvalue weighted by Crippen LogP contribution is -2.25. The Kier molecular flexibility index (Phi) is 3.19. The number of carbonyl (C=O) groups is 1. The maximum absolute atomic E-state index is 11.1. The molecular formula is C8H12N4O. The highest BCUT2D eigenvalue weighted by Gasteiger charge is 2.08. The van der Waals surface area contributed by atoms with E-state index < -0.39 is 0 Å². The number of aromatic amines is 1. The summed E-state index contributed by atoms with van der Waals surface area (Å²) in [6.45, 7) is 3.63. The molecule has 5 nitrogen and oxygen atoms in total. The predicted molar refractivity (Wildman–Crippen MR) is 47.8 cm³/mol. The van der Waals surface area contributed by atoms with Gasteiger partial charge in [-0.2, -0.15) is 5.10 Å². The molecule has 1 amide bonds. The SMILES string of the molecule is C/C=C/C(=O)NC(C)c1ncn[nH]1. The molecule has 0 aromatic carbocycles. The molecule has 0 saturated heterocycles. The average Bonchev–Trinajstić information content (AvgIpc) is 2.55. The molecule has 1 aromatic rings. The largest absolute Gasteiger partial charge is 0.343 e. The van der Waals surface area contributed by atoms with Crippen molar-refractivity contribution in [2.24, 2.45) is 0 Å². The summed E-state index contributed by atoms with van der Waals surface area (Å²) in [5.74, 6) is 0.518. The van der Waals surface area contributed by atoms with Crippen molar-refractivity contribution in [2.45, 2.75) is 19.9 Å². The number of amides is 1. The molecular weight excluding hydrogens is 168 g/mol. The van der Waals surface area contributed by atoms with E-state index in [-0.39, 0.29) is 11.9 Å². The lowest BCUT2D eigenvalue weighted by Gasteiger charge is -2.07. The number of carbonyl (C=O) groups excluding carboxylic acids is 1. The van der Waals surface area contributed by atoms with Crippen LogP contribution < -0.4 is 5.32 Å². The second kappa shape index (κ2) is 4.39. The molecule has 0 aliphatic rings. The van der Waals surface area contributed by atoms with E-state index in [1.54, 1.807) is 13.0 Å². The molecule has 70 valence electrons. The molecule has 0 saturated carbocycles. The van der Waals surface area contributed by atoms with Crippen molar-refractivity contribution in [1.29, 1.82) is 0 Å². The van der Waals surface area contributed by atoms with E-state index in [1.807, 2.05) is 6.92 Å². The van der Waals surface area contributed by atoms with Crippen molar-refractivity contribution in [2.75, 3.05) is 0 Å². The topological polar surface area (TPSA) is 70.7 Å². The number of aromatic nitrogens is 3. The van der Waals surface area contributed by atoms with E-state index in [9.17, 15) is 4.79 Å². The van der Waals surface area contributed by atoms with Crippen molar-refractivity contribution in [1.82, 2.24) is 20.5 Å². The first-order chi connectivity index (χ1) is 6.24. The van der Waals surface area contributed by atoms with Crippen LogP contribution in [-0.4, -0.2) is 21.1 Å². The maximum atomic E-state index is 11.1. The van der Waals surface area contributed by atoms with Crippen molar-refractivity contribution in [3.8, 4) is 0 Å². The van der Waals surface area contributed by atoms with Crippen molar-refractivity contribution >= 4 is 5.91 Å². The predicted octanol–water partition coefficient (Wildman–Crippen LogP) is 0.558. The van der Waals surface area contributed by atoms with Gasteiger partial charge in [0.05, 0.1) is 6.04 Å². The lowest BCUT2D eigenvalue weighted by molar-refractivity contribution is -0.117. The van der Waals surface area contributed by atoms with Crippen LogP contribution in [0.3, 0.4) is 0 Å². The third-order valence-electron chi connectivity index (χ3n) is 1.52. The van der Waals surface area contributed by atoms with Crippen LogP contribution in [0.5, 0.6) is 0 Å². The van der Waals surface area contributed by atoms with Crippen molar-refractivity contribution in [3.05, 3.63) is 24.3 Å². The molecule has 1 unspecified atom stereocenters. The zero-order chi connectivity index (χ0) is 9.68. The summed E-state index contributed by atoms with van der Waals surface area (Å²) >= 11 is 0. The quantitative estimate of drug-likeness (QED) is 0.667. The molecule has 5 heteroatoms. The Morgan fingerprint density at radius 1 is 1.77 bits per heavy atom. The number of allylic oxidation sites excluding steroid dienone is 1. The first-order valence-corrected chi connectivity index (χ1v) is 4.02. The highest BCUT2D eigenvalue weighted by Crippen LogP contribution is 2.03. The Bertz CT molecular complexity index is 291. The van der Waals surface area contributed by atoms with Gasteiger partial charge in [0, 0.05) is 0 Å². The summed E-state index contributed by atoms with van der Waals surface area (Å²) in [4.78, 5) is 15.0. The van der Waals surface area contributed by atoms with Gasteiger partial charge >= 0.3 is 0 Å². The molecule has 0 fully saturated rings. The molecule has 1 atom stereocenters. The van der Waals surface area contributed by atoms with Gasteiger partial charge < -0.3 is 5.32 Å². The van der Waals surface area contributed by atoms with E-state index in [0.29, 0.717) is 5.82 Å². The number of nitrogens with zero attached hydrogens (tertiary/aromatic N) is 2. The Balaban J connectivity index is 2.51. The molecule has 1 rings (SSSR count). The van der Waals surface area contributed by atoms with Crippen LogP contribution in [-0.2, 0) is 4.79 Å². The molecule has 1 aromatic heterocycles. The van der Waals surface area contributed by atoms with Gasteiger partial charge in [-0.05, 0) is 19.9 Å². The van der Waals surface area contributed by atoms with E-state index in [0.717, 1.165) is 0 Å². The van der Waals surface area contributed by atoms with Gasteiger partial charge in [0.1, 0.15) is 12.2 Å². The molecule has 0 spiro atoms. The van der Waals surface area contributed by atoms with Gasteiger partial charge in [-0.25, -0.2) is 4.98 Å². The smallest absolute Gasteiger partial charge is 0.244 e. The van der Waals surface area contributed by atoms with E-state index >= 15 is 0 Å². The van der Waals surface area contributed by atoms with Crippen LogP contribution >= 0.6 is 0 Å². The zero-order valence-electron chi connectivity index (χ0n) is 7.61. The van der Waals surface area contributed by atoms with E-state index in [2.05, 4.69) is 20.5 Å². The molecule has 0 aliphatic carbocycles. The van der Waals surface area contributed by atoms with Gasteiger partial charge in [-0.1, -0.05) is 6.08 Å². The van der Waals surface area contributed by atoms with E-state index in [4.69, 9.17) is 0 Å². The second-order valence-corrected chi connectivity index (χ2v) is 2.60. The average molecular weight is 180 g/mol. The third kappa shape index (κ3) is 2.70. The number of hydrogen-bond acceptors (Lipinski definition) is 3. The summed E-state index contributed by atoms with van der Waals surface area (Å²) in [7, 11) is 0. The summed E-state index contributed by atoms with van der Waals surface area (Å²) in [6, 6.07) is -0.147. The first kappa shape index (κ1) is 9.44. The summed E-state index contributed by atoms with van der Waals surface area (Å²) in [6.07, 6.45) is 4.56. The van der Waals surface area contributed by atoms with Crippen molar-refractivity contribution in [3.63, 3.8) is 0 Å².